The van der Waals surface area contributed by atoms with Crippen molar-refractivity contribution in [2.45, 2.75) is 20.0 Å². The summed E-state index contributed by atoms with van der Waals surface area (Å²) in [7, 11) is 0. The number of hydrogen-bond donors (Lipinski definition) is 0. The van der Waals surface area contributed by atoms with Crippen molar-refractivity contribution in [3.05, 3.63) is 95.8 Å². The molecule has 0 saturated heterocycles. The summed E-state index contributed by atoms with van der Waals surface area (Å²) in [6.45, 7) is 3.55. The lowest BCUT2D eigenvalue weighted by atomic mass is 10.1. The van der Waals surface area contributed by atoms with Crippen molar-refractivity contribution in [3.8, 4) is 0 Å². The molecule has 0 radical (unpaired) electrons. The van der Waals surface area contributed by atoms with Crippen molar-refractivity contribution in [2.24, 2.45) is 0 Å². The Bertz CT molecular complexity index is 1180. The average Bonchev–Trinajstić information content (AvgIpc) is 3.27. The Kier molecular flexibility index (Phi) is 3.75. The van der Waals surface area contributed by atoms with Gasteiger partial charge in [0.25, 0.3) is 0 Å². The molecule has 132 valence electrons. The van der Waals surface area contributed by atoms with Gasteiger partial charge in [0, 0.05) is 21.8 Å². The molecule has 0 spiro atoms. The van der Waals surface area contributed by atoms with Crippen molar-refractivity contribution in [2.75, 3.05) is 0 Å². The van der Waals surface area contributed by atoms with Gasteiger partial charge in [-0.15, -0.1) is 5.10 Å². The number of para-hydroxylation sites is 2. The Morgan fingerprint density at radius 3 is 2.04 bits per heavy atom. The topological polar surface area (TPSA) is 35.6 Å². The highest BCUT2D eigenvalue weighted by Crippen LogP contribution is 2.29. The lowest BCUT2D eigenvalue weighted by molar-refractivity contribution is 0.649. The van der Waals surface area contributed by atoms with Crippen molar-refractivity contribution >= 4 is 21.8 Å². The maximum Gasteiger partial charge on any atom is 0.102 e. The van der Waals surface area contributed by atoms with E-state index in [4.69, 9.17) is 0 Å². The normalized spacial score (nSPS) is 11.4. The first-order valence-electron chi connectivity index (χ1n) is 9.18. The molecule has 2 aromatic heterocycles. The van der Waals surface area contributed by atoms with Gasteiger partial charge in [0.15, 0.2) is 0 Å². The lowest BCUT2D eigenvalue weighted by Gasteiger charge is -2.04. The van der Waals surface area contributed by atoms with E-state index in [1.807, 2.05) is 10.9 Å². The minimum atomic E-state index is 0.710. The van der Waals surface area contributed by atoms with E-state index in [-0.39, 0.29) is 0 Å². The molecule has 0 atom stereocenters. The average molecular weight is 352 g/mol. The van der Waals surface area contributed by atoms with Crippen LogP contribution in [0, 0.1) is 6.92 Å². The summed E-state index contributed by atoms with van der Waals surface area (Å²) in [6, 6.07) is 25.6. The van der Waals surface area contributed by atoms with Crippen LogP contribution in [0.15, 0.2) is 79.0 Å². The van der Waals surface area contributed by atoms with Gasteiger partial charge in [-0.2, -0.15) is 0 Å². The number of aromatic nitrogens is 4. The van der Waals surface area contributed by atoms with Crippen LogP contribution in [-0.2, 0) is 13.1 Å². The minimum absolute atomic E-state index is 0.710. The van der Waals surface area contributed by atoms with E-state index >= 15 is 0 Å². The summed E-state index contributed by atoms with van der Waals surface area (Å²) in [6.07, 6.45) is 2.05. The molecule has 0 N–H and O–H groups in total. The molecule has 5 rings (SSSR count). The number of hydrogen-bond acceptors (Lipinski definition) is 2. The smallest absolute Gasteiger partial charge is 0.102 e. The molecular weight excluding hydrogens is 332 g/mol. The molecule has 4 nitrogen and oxygen atoms in total. The molecule has 0 aliphatic rings. The van der Waals surface area contributed by atoms with Gasteiger partial charge in [0.1, 0.15) is 5.69 Å². The first-order valence-corrected chi connectivity index (χ1v) is 9.18. The fourth-order valence-corrected chi connectivity index (χ4v) is 3.70. The van der Waals surface area contributed by atoms with E-state index in [0.717, 1.165) is 12.2 Å². The molecular formula is C23H20N4. The zero-order chi connectivity index (χ0) is 18.2. The van der Waals surface area contributed by atoms with E-state index in [1.165, 1.54) is 32.9 Å². The van der Waals surface area contributed by atoms with Crippen LogP contribution in [0.3, 0.4) is 0 Å². The molecule has 3 aromatic carbocycles. The zero-order valence-electron chi connectivity index (χ0n) is 15.2. The molecule has 0 unspecified atom stereocenters. The fraction of sp³-hybridized carbons (Fsp3) is 0.130. The van der Waals surface area contributed by atoms with Crippen LogP contribution in [0.4, 0.5) is 0 Å². The molecule has 0 amide bonds. The van der Waals surface area contributed by atoms with Crippen molar-refractivity contribution in [1.29, 1.82) is 0 Å². The largest absolute Gasteiger partial charge is 0.334 e. The Balaban J connectivity index is 1.49. The standard InChI is InChI=1S/C23H20N4/c1-17-10-12-18(13-11-17)14-26-15-19(24-25-26)16-27-22-8-4-2-6-20(22)21-7-3-5-9-23(21)27/h2-13,15H,14,16H2,1H3. The third-order valence-corrected chi connectivity index (χ3v) is 5.05. The molecule has 0 aliphatic carbocycles. The number of rotatable bonds is 4. The van der Waals surface area contributed by atoms with Crippen LogP contribution < -0.4 is 0 Å². The molecule has 0 fully saturated rings. The molecule has 0 aliphatic heterocycles. The number of fused-ring (bicyclic) bond motifs is 3. The predicted octanol–water partition coefficient (Wildman–Crippen LogP) is 4.79. The third kappa shape index (κ3) is 2.89. The summed E-state index contributed by atoms with van der Waals surface area (Å²) in [5.41, 5.74) is 5.92. The first-order chi connectivity index (χ1) is 13.3. The van der Waals surface area contributed by atoms with Crippen LogP contribution in [0.5, 0.6) is 0 Å². The molecule has 2 heterocycles. The summed E-state index contributed by atoms with van der Waals surface area (Å²) < 4.78 is 4.23. The minimum Gasteiger partial charge on any atom is -0.334 e. The quantitative estimate of drug-likeness (QED) is 0.466. The van der Waals surface area contributed by atoms with Gasteiger partial charge in [-0.3, -0.25) is 0 Å². The van der Waals surface area contributed by atoms with Gasteiger partial charge in [0.2, 0.25) is 0 Å². The van der Waals surface area contributed by atoms with Crippen molar-refractivity contribution < 1.29 is 0 Å². The molecule has 0 saturated carbocycles. The van der Waals surface area contributed by atoms with Crippen molar-refractivity contribution in [3.63, 3.8) is 0 Å². The van der Waals surface area contributed by atoms with E-state index in [9.17, 15) is 0 Å². The van der Waals surface area contributed by atoms with E-state index in [1.54, 1.807) is 0 Å². The van der Waals surface area contributed by atoms with Crippen LogP contribution in [0.2, 0.25) is 0 Å². The van der Waals surface area contributed by atoms with Crippen LogP contribution in [0.25, 0.3) is 21.8 Å². The molecule has 0 bridgehead atoms. The van der Waals surface area contributed by atoms with Gasteiger partial charge in [-0.1, -0.05) is 71.4 Å². The first kappa shape index (κ1) is 15.8. The lowest BCUT2D eigenvalue weighted by Crippen LogP contribution is -2.01. The molecule has 5 aromatic rings. The Hall–Kier alpha value is -3.40. The Morgan fingerprint density at radius 1 is 0.741 bits per heavy atom. The van der Waals surface area contributed by atoms with Gasteiger partial charge in [0.05, 0.1) is 19.3 Å². The maximum atomic E-state index is 4.41. The van der Waals surface area contributed by atoms with Crippen LogP contribution >= 0.6 is 0 Å². The monoisotopic (exact) mass is 352 g/mol. The summed E-state index contributed by atoms with van der Waals surface area (Å²) in [4.78, 5) is 0. The maximum absolute atomic E-state index is 4.41. The highest BCUT2D eigenvalue weighted by Gasteiger charge is 2.11. The SMILES string of the molecule is Cc1ccc(Cn2cc(Cn3c4ccccc4c4ccccc43)nn2)cc1. The highest BCUT2D eigenvalue weighted by molar-refractivity contribution is 6.07. The fourth-order valence-electron chi connectivity index (χ4n) is 3.70. The summed E-state index contributed by atoms with van der Waals surface area (Å²) in [5.74, 6) is 0. The number of aryl methyl sites for hydroxylation is 1. The predicted molar refractivity (Wildman–Crippen MR) is 109 cm³/mol. The third-order valence-electron chi connectivity index (χ3n) is 5.05. The van der Waals surface area contributed by atoms with E-state index < -0.39 is 0 Å². The van der Waals surface area contributed by atoms with E-state index in [0.29, 0.717) is 6.54 Å². The second-order valence-electron chi connectivity index (χ2n) is 7.01. The van der Waals surface area contributed by atoms with Crippen LogP contribution in [-0.4, -0.2) is 19.6 Å². The molecule has 27 heavy (non-hydrogen) atoms. The van der Waals surface area contributed by atoms with E-state index in [2.05, 4.69) is 94.6 Å². The Morgan fingerprint density at radius 2 is 1.37 bits per heavy atom. The highest BCUT2D eigenvalue weighted by atomic mass is 15.4. The van der Waals surface area contributed by atoms with Gasteiger partial charge in [-0.25, -0.2) is 4.68 Å². The van der Waals surface area contributed by atoms with Gasteiger partial charge in [-0.05, 0) is 24.6 Å². The molecule has 4 heteroatoms. The second-order valence-corrected chi connectivity index (χ2v) is 7.01. The van der Waals surface area contributed by atoms with Crippen LogP contribution in [0.1, 0.15) is 16.8 Å². The van der Waals surface area contributed by atoms with Gasteiger partial charge >= 0.3 is 0 Å². The summed E-state index contributed by atoms with van der Waals surface area (Å²) >= 11 is 0. The van der Waals surface area contributed by atoms with Gasteiger partial charge < -0.3 is 4.57 Å². The van der Waals surface area contributed by atoms with Crippen molar-refractivity contribution in [1.82, 2.24) is 19.6 Å². The zero-order valence-corrected chi connectivity index (χ0v) is 15.2. The number of benzene rings is 3. The Labute approximate surface area is 157 Å². The number of nitrogens with zero attached hydrogens (tertiary/aromatic N) is 4. The second kappa shape index (κ2) is 6.40. The summed E-state index contributed by atoms with van der Waals surface area (Å²) in [5, 5.41) is 11.3.